The summed E-state index contributed by atoms with van der Waals surface area (Å²) in [6.07, 6.45) is 12.7. The second-order valence-electron chi connectivity index (χ2n) is 5.98. The molecule has 0 spiro atoms. The van der Waals surface area contributed by atoms with Crippen molar-refractivity contribution in [3.63, 3.8) is 0 Å². The van der Waals surface area contributed by atoms with Crippen LogP contribution in [-0.2, 0) is 4.74 Å². The van der Waals surface area contributed by atoms with Gasteiger partial charge in [0.2, 0.25) is 0 Å². The minimum atomic E-state index is 0.423. The summed E-state index contributed by atoms with van der Waals surface area (Å²) in [7, 11) is 0. The Hall–Kier alpha value is -0.0800. The molecule has 1 aliphatic carbocycles. The van der Waals surface area contributed by atoms with Crippen molar-refractivity contribution in [3.8, 4) is 0 Å². The SMILES string of the molecule is CCCCCCC(C)OC(C)CCCNC1CC1. The summed E-state index contributed by atoms with van der Waals surface area (Å²) in [4.78, 5) is 0. The van der Waals surface area contributed by atoms with E-state index in [9.17, 15) is 0 Å². The third-order valence-corrected chi connectivity index (χ3v) is 3.73. The van der Waals surface area contributed by atoms with Gasteiger partial charge in [0, 0.05) is 6.04 Å². The predicted octanol–water partition coefficient (Wildman–Crippen LogP) is 4.28. The number of rotatable bonds is 12. The van der Waals surface area contributed by atoms with E-state index in [0.717, 1.165) is 6.04 Å². The molecule has 0 radical (unpaired) electrons. The van der Waals surface area contributed by atoms with Gasteiger partial charge < -0.3 is 10.1 Å². The molecule has 2 unspecified atom stereocenters. The van der Waals surface area contributed by atoms with Crippen LogP contribution in [0.2, 0.25) is 0 Å². The Morgan fingerprint density at radius 1 is 1.00 bits per heavy atom. The molecule has 0 heterocycles. The van der Waals surface area contributed by atoms with Crippen LogP contribution in [0.25, 0.3) is 0 Å². The second-order valence-corrected chi connectivity index (χ2v) is 5.98. The van der Waals surface area contributed by atoms with Gasteiger partial charge in [0.25, 0.3) is 0 Å². The van der Waals surface area contributed by atoms with Crippen molar-refractivity contribution in [3.05, 3.63) is 0 Å². The first-order chi connectivity index (χ1) is 8.72. The van der Waals surface area contributed by atoms with E-state index in [-0.39, 0.29) is 0 Å². The van der Waals surface area contributed by atoms with Gasteiger partial charge in [0.05, 0.1) is 12.2 Å². The van der Waals surface area contributed by atoms with Crippen molar-refractivity contribution in [1.29, 1.82) is 0 Å². The molecule has 1 fully saturated rings. The van der Waals surface area contributed by atoms with E-state index in [0.29, 0.717) is 12.2 Å². The summed E-state index contributed by atoms with van der Waals surface area (Å²) in [5.41, 5.74) is 0. The number of unbranched alkanes of at least 4 members (excludes halogenated alkanes) is 3. The maximum atomic E-state index is 6.03. The highest BCUT2D eigenvalue weighted by atomic mass is 16.5. The fraction of sp³-hybridized carbons (Fsp3) is 1.00. The van der Waals surface area contributed by atoms with Gasteiger partial charge in [-0.3, -0.25) is 0 Å². The fourth-order valence-corrected chi connectivity index (χ4v) is 2.37. The van der Waals surface area contributed by atoms with E-state index >= 15 is 0 Å². The molecule has 0 saturated heterocycles. The number of hydrogen-bond acceptors (Lipinski definition) is 2. The van der Waals surface area contributed by atoms with Crippen LogP contribution in [0.1, 0.15) is 78.6 Å². The van der Waals surface area contributed by atoms with Crippen molar-refractivity contribution in [2.75, 3.05) is 6.54 Å². The van der Waals surface area contributed by atoms with Gasteiger partial charge in [-0.1, -0.05) is 32.6 Å². The van der Waals surface area contributed by atoms with Crippen LogP contribution < -0.4 is 5.32 Å². The summed E-state index contributed by atoms with van der Waals surface area (Å²) in [5.74, 6) is 0. The molecule has 0 aromatic carbocycles. The smallest absolute Gasteiger partial charge is 0.0551 e. The molecule has 1 saturated carbocycles. The highest BCUT2D eigenvalue weighted by molar-refractivity contribution is 4.80. The van der Waals surface area contributed by atoms with Crippen LogP contribution in [0.3, 0.4) is 0 Å². The molecular weight excluding hydrogens is 222 g/mol. The summed E-state index contributed by atoms with van der Waals surface area (Å²) in [6.45, 7) is 7.88. The number of nitrogens with one attached hydrogen (secondary N) is 1. The lowest BCUT2D eigenvalue weighted by molar-refractivity contribution is -0.00196. The first-order valence-electron chi connectivity index (χ1n) is 8.11. The molecule has 0 aliphatic heterocycles. The number of hydrogen-bond donors (Lipinski definition) is 1. The zero-order chi connectivity index (χ0) is 13.2. The minimum absolute atomic E-state index is 0.423. The van der Waals surface area contributed by atoms with Gasteiger partial charge in [0.1, 0.15) is 0 Å². The molecule has 2 heteroatoms. The van der Waals surface area contributed by atoms with Crippen molar-refractivity contribution in [1.82, 2.24) is 5.32 Å². The van der Waals surface area contributed by atoms with Gasteiger partial charge in [-0.2, -0.15) is 0 Å². The zero-order valence-electron chi connectivity index (χ0n) is 12.7. The molecule has 1 N–H and O–H groups in total. The normalized spacial score (nSPS) is 18.8. The highest BCUT2D eigenvalue weighted by Crippen LogP contribution is 2.18. The molecule has 108 valence electrons. The van der Waals surface area contributed by atoms with Crippen LogP contribution in [0.4, 0.5) is 0 Å². The van der Waals surface area contributed by atoms with E-state index < -0.39 is 0 Å². The highest BCUT2D eigenvalue weighted by Gasteiger charge is 2.19. The monoisotopic (exact) mass is 255 g/mol. The zero-order valence-corrected chi connectivity index (χ0v) is 12.7. The average Bonchev–Trinajstić information content (AvgIpc) is 3.14. The van der Waals surface area contributed by atoms with Gasteiger partial charge in [-0.15, -0.1) is 0 Å². The molecule has 1 rings (SSSR count). The van der Waals surface area contributed by atoms with Gasteiger partial charge in [0.15, 0.2) is 0 Å². The summed E-state index contributed by atoms with van der Waals surface area (Å²) in [5, 5.41) is 3.56. The Morgan fingerprint density at radius 3 is 2.28 bits per heavy atom. The third-order valence-electron chi connectivity index (χ3n) is 3.73. The average molecular weight is 255 g/mol. The Kier molecular flexibility index (Phi) is 8.70. The lowest BCUT2D eigenvalue weighted by Gasteiger charge is -2.19. The van der Waals surface area contributed by atoms with Crippen LogP contribution in [-0.4, -0.2) is 24.8 Å². The van der Waals surface area contributed by atoms with Crippen molar-refractivity contribution in [2.45, 2.75) is 96.8 Å². The lowest BCUT2D eigenvalue weighted by Crippen LogP contribution is -2.21. The molecule has 2 atom stereocenters. The van der Waals surface area contributed by atoms with Crippen LogP contribution in [0.5, 0.6) is 0 Å². The summed E-state index contributed by atoms with van der Waals surface area (Å²) >= 11 is 0. The van der Waals surface area contributed by atoms with E-state index in [1.807, 2.05) is 0 Å². The fourth-order valence-electron chi connectivity index (χ4n) is 2.37. The van der Waals surface area contributed by atoms with Gasteiger partial charge in [-0.25, -0.2) is 0 Å². The Labute approximate surface area is 114 Å². The quantitative estimate of drug-likeness (QED) is 0.525. The van der Waals surface area contributed by atoms with Crippen LogP contribution in [0.15, 0.2) is 0 Å². The molecule has 0 bridgehead atoms. The van der Waals surface area contributed by atoms with Gasteiger partial charge in [-0.05, 0) is 52.5 Å². The first-order valence-corrected chi connectivity index (χ1v) is 8.11. The maximum Gasteiger partial charge on any atom is 0.0551 e. The van der Waals surface area contributed by atoms with Crippen LogP contribution in [0, 0.1) is 0 Å². The Bertz CT molecular complexity index is 192. The first kappa shape index (κ1) is 16.0. The molecule has 1 aliphatic rings. The standard InChI is InChI=1S/C16H33NO/c1-4-5-6-7-9-14(2)18-15(3)10-8-13-17-16-11-12-16/h14-17H,4-13H2,1-3H3. The van der Waals surface area contributed by atoms with E-state index in [2.05, 4.69) is 26.1 Å². The topological polar surface area (TPSA) is 21.3 Å². The number of ether oxygens (including phenoxy) is 1. The van der Waals surface area contributed by atoms with E-state index in [1.165, 1.54) is 64.3 Å². The van der Waals surface area contributed by atoms with Crippen molar-refractivity contribution < 1.29 is 4.74 Å². The maximum absolute atomic E-state index is 6.03. The lowest BCUT2D eigenvalue weighted by atomic mass is 10.1. The third kappa shape index (κ3) is 8.93. The summed E-state index contributed by atoms with van der Waals surface area (Å²) < 4.78 is 6.03. The van der Waals surface area contributed by atoms with E-state index in [4.69, 9.17) is 4.74 Å². The summed E-state index contributed by atoms with van der Waals surface area (Å²) in [6, 6.07) is 0.846. The largest absolute Gasteiger partial charge is 0.376 e. The van der Waals surface area contributed by atoms with Crippen LogP contribution >= 0.6 is 0 Å². The Balaban J connectivity index is 1.87. The molecule has 0 aromatic rings. The van der Waals surface area contributed by atoms with Crippen molar-refractivity contribution in [2.24, 2.45) is 0 Å². The molecular formula is C16H33NO. The molecule has 2 nitrogen and oxygen atoms in total. The van der Waals surface area contributed by atoms with Gasteiger partial charge >= 0.3 is 0 Å². The predicted molar refractivity (Wildman–Crippen MR) is 79.0 cm³/mol. The van der Waals surface area contributed by atoms with Crippen molar-refractivity contribution >= 4 is 0 Å². The molecule has 18 heavy (non-hydrogen) atoms. The minimum Gasteiger partial charge on any atom is -0.376 e. The molecule has 0 aromatic heterocycles. The van der Waals surface area contributed by atoms with E-state index in [1.54, 1.807) is 0 Å². The Morgan fingerprint density at radius 2 is 1.67 bits per heavy atom. The second kappa shape index (κ2) is 9.80. The molecule has 0 amide bonds.